The van der Waals surface area contributed by atoms with Crippen molar-refractivity contribution < 1.29 is 22.8 Å². The molecule has 1 aliphatic rings. The lowest BCUT2D eigenvalue weighted by molar-refractivity contribution is -0.125. The minimum absolute atomic E-state index is 0.0575. The molecule has 2 amide bonds. The predicted molar refractivity (Wildman–Crippen MR) is 129 cm³/mol. The first-order chi connectivity index (χ1) is 16.6. The molecule has 0 fully saturated rings. The third kappa shape index (κ3) is 6.82. The van der Waals surface area contributed by atoms with Crippen LogP contribution >= 0.6 is 0 Å². The fraction of sp³-hybridized carbons (Fsp3) is 0.462. The number of rotatable bonds is 13. The zero-order chi connectivity index (χ0) is 25.5. The van der Waals surface area contributed by atoms with Crippen LogP contribution in [0.25, 0.3) is 11.1 Å². The number of amides is 2. The van der Waals surface area contributed by atoms with E-state index in [4.69, 9.17) is 11.5 Å². The number of hydrogen-bond donors (Lipinski definition) is 4. The van der Waals surface area contributed by atoms with Crippen LogP contribution in [0, 0.1) is 0 Å². The third-order valence-corrected chi connectivity index (χ3v) is 6.55. The zero-order valence-electron chi connectivity index (χ0n) is 19.7. The Hall–Kier alpha value is -2.91. The number of nitrogens with one attached hydrogen (secondary N) is 2. The summed E-state index contributed by atoms with van der Waals surface area (Å²) in [5.41, 5.74) is 14.5. The van der Waals surface area contributed by atoms with Gasteiger partial charge >= 0.3 is 6.18 Å². The molecule has 35 heavy (non-hydrogen) atoms. The summed E-state index contributed by atoms with van der Waals surface area (Å²) in [6, 6.07) is 15.1. The molecule has 3 rings (SSSR count). The number of fused-ring (bicyclic) bond motifs is 3. The van der Waals surface area contributed by atoms with E-state index in [1.165, 1.54) is 0 Å². The van der Waals surface area contributed by atoms with Crippen LogP contribution < -0.4 is 22.1 Å². The Bertz CT molecular complexity index is 980. The van der Waals surface area contributed by atoms with Gasteiger partial charge in [-0.1, -0.05) is 61.4 Å². The molecule has 9 heteroatoms. The molecular formula is C26H33F3N4O2. The van der Waals surface area contributed by atoms with Gasteiger partial charge in [-0.05, 0) is 41.5 Å². The lowest BCUT2D eigenvalue weighted by Crippen LogP contribution is -2.42. The fourth-order valence-electron chi connectivity index (χ4n) is 4.88. The van der Waals surface area contributed by atoms with Gasteiger partial charge in [0.25, 0.3) is 0 Å². The Morgan fingerprint density at radius 2 is 1.54 bits per heavy atom. The van der Waals surface area contributed by atoms with Crippen molar-refractivity contribution in [3.05, 3.63) is 59.7 Å². The summed E-state index contributed by atoms with van der Waals surface area (Å²) >= 11 is 0. The van der Waals surface area contributed by atoms with Gasteiger partial charge in [0, 0.05) is 24.9 Å². The van der Waals surface area contributed by atoms with Gasteiger partial charge in [-0.15, -0.1) is 0 Å². The van der Waals surface area contributed by atoms with Crippen LogP contribution in [0.1, 0.15) is 49.7 Å². The summed E-state index contributed by atoms with van der Waals surface area (Å²) in [5.74, 6) is -0.820. The lowest BCUT2D eigenvalue weighted by atomic mass is 9.74. The van der Waals surface area contributed by atoms with Crippen LogP contribution in [0.2, 0.25) is 0 Å². The second-order valence-corrected chi connectivity index (χ2v) is 9.11. The standard InChI is InChI=1S/C26H33F3N4O2/c27-26(28,29)17-32-16-25(14-6-1-7-15-33-24(35)22(30)12-13-23(31)34)20-10-4-2-8-18(20)19-9-3-5-11-21(19)25/h2-5,8-11,22,32H,1,6-7,12-17,30H2,(H2,31,34)(H,33,35). The Morgan fingerprint density at radius 3 is 2.11 bits per heavy atom. The van der Waals surface area contributed by atoms with Crippen molar-refractivity contribution in [2.24, 2.45) is 11.5 Å². The van der Waals surface area contributed by atoms with Gasteiger partial charge < -0.3 is 22.1 Å². The van der Waals surface area contributed by atoms with Crippen molar-refractivity contribution in [1.29, 1.82) is 0 Å². The molecule has 0 aromatic heterocycles. The number of carbonyl (C=O) groups excluding carboxylic acids is 2. The number of primary amides is 1. The van der Waals surface area contributed by atoms with Crippen LogP contribution in [0.3, 0.4) is 0 Å². The van der Waals surface area contributed by atoms with Crippen molar-refractivity contribution in [2.75, 3.05) is 19.6 Å². The van der Waals surface area contributed by atoms with Crippen molar-refractivity contribution in [3.63, 3.8) is 0 Å². The van der Waals surface area contributed by atoms with E-state index in [1.54, 1.807) is 0 Å². The summed E-state index contributed by atoms with van der Waals surface area (Å²) in [7, 11) is 0. The fourth-order valence-corrected chi connectivity index (χ4v) is 4.88. The first-order valence-electron chi connectivity index (χ1n) is 11.9. The molecule has 0 bridgehead atoms. The monoisotopic (exact) mass is 490 g/mol. The topological polar surface area (TPSA) is 110 Å². The van der Waals surface area contributed by atoms with E-state index in [0.717, 1.165) is 35.1 Å². The molecule has 1 atom stereocenters. The molecule has 190 valence electrons. The Kier molecular flexibility index (Phi) is 8.91. The van der Waals surface area contributed by atoms with E-state index in [1.807, 2.05) is 48.5 Å². The molecule has 0 saturated carbocycles. The minimum atomic E-state index is -4.28. The van der Waals surface area contributed by atoms with Crippen LogP contribution in [-0.2, 0) is 15.0 Å². The van der Waals surface area contributed by atoms with Crippen molar-refractivity contribution in [1.82, 2.24) is 10.6 Å². The number of halogens is 3. The average Bonchev–Trinajstić information content (AvgIpc) is 3.09. The van der Waals surface area contributed by atoms with Crippen LogP contribution in [-0.4, -0.2) is 43.7 Å². The second kappa shape index (κ2) is 11.7. The largest absolute Gasteiger partial charge is 0.401 e. The molecule has 6 N–H and O–H groups in total. The summed E-state index contributed by atoms with van der Waals surface area (Å²) in [6.07, 6.45) is -1.06. The molecule has 1 unspecified atom stereocenters. The van der Waals surface area contributed by atoms with E-state index in [0.29, 0.717) is 19.4 Å². The Labute approximate surface area is 203 Å². The highest BCUT2D eigenvalue weighted by molar-refractivity contribution is 5.83. The van der Waals surface area contributed by atoms with E-state index in [9.17, 15) is 22.8 Å². The van der Waals surface area contributed by atoms with Gasteiger partial charge in [0.2, 0.25) is 11.8 Å². The first-order valence-corrected chi connectivity index (χ1v) is 11.9. The van der Waals surface area contributed by atoms with E-state index in [2.05, 4.69) is 10.6 Å². The minimum Gasteiger partial charge on any atom is -0.370 e. The Morgan fingerprint density at radius 1 is 0.943 bits per heavy atom. The molecule has 0 heterocycles. The number of benzene rings is 2. The lowest BCUT2D eigenvalue weighted by Gasteiger charge is -2.33. The normalized spacial score (nSPS) is 14.7. The van der Waals surface area contributed by atoms with E-state index >= 15 is 0 Å². The molecule has 2 aromatic rings. The SMILES string of the molecule is NC(=O)CCC(N)C(=O)NCCCCCC1(CNCC(F)(F)F)c2ccccc2-c2ccccc21. The van der Waals surface area contributed by atoms with Crippen molar-refractivity contribution in [3.8, 4) is 11.1 Å². The average molecular weight is 491 g/mol. The molecular weight excluding hydrogens is 457 g/mol. The Balaban J connectivity index is 1.63. The molecule has 1 aliphatic carbocycles. The molecule has 0 saturated heterocycles. The molecule has 6 nitrogen and oxygen atoms in total. The molecule has 0 spiro atoms. The summed E-state index contributed by atoms with van der Waals surface area (Å²) < 4.78 is 38.8. The predicted octanol–water partition coefficient (Wildman–Crippen LogP) is 3.37. The van der Waals surface area contributed by atoms with Crippen LogP contribution in [0.15, 0.2) is 48.5 Å². The van der Waals surface area contributed by atoms with Crippen LogP contribution in [0.4, 0.5) is 13.2 Å². The highest BCUT2D eigenvalue weighted by Gasteiger charge is 2.42. The number of alkyl halides is 3. The van der Waals surface area contributed by atoms with Crippen molar-refractivity contribution in [2.45, 2.75) is 56.2 Å². The maximum atomic E-state index is 12.9. The summed E-state index contributed by atoms with van der Waals surface area (Å²) in [5, 5.41) is 5.43. The van der Waals surface area contributed by atoms with Crippen molar-refractivity contribution >= 4 is 11.8 Å². The maximum Gasteiger partial charge on any atom is 0.401 e. The summed E-state index contributed by atoms with van der Waals surface area (Å²) in [4.78, 5) is 22.9. The third-order valence-electron chi connectivity index (χ3n) is 6.55. The molecule has 0 aliphatic heterocycles. The van der Waals surface area contributed by atoms with Gasteiger partial charge in [0.15, 0.2) is 0 Å². The zero-order valence-corrected chi connectivity index (χ0v) is 19.7. The molecule has 0 radical (unpaired) electrons. The summed E-state index contributed by atoms with van der Waals surface area (Å²) in [6.45, 7) is -0.414. The van der Waals surface area contributed by atoms with E-state index in [-0.39, 0.29) is 25.3 Å². The number of nitrogens with two attached hydrogens (primary N) is 2. The van der Waals surface area contributed by atoms with Gasteiger partial charge in [0.05, 0.1) is 12.6 Å². The van der Waals surface area contributed by atoms with Crippen LogP contribution in [0.5, 0.6) is 0 Å². The number of unbranched alkanes of at least 4 members (excludes halogenated alkanes) is 2. The highest BCUT2D eigenvalue weighted by Crippen LogP contribution is 2.51. The quantitative estimate of drug-likeness (QED) is 0.323. The van der Waals surface area contributed by atoms with E-state index < -0.39 is 30.1 Å². The van der Waals surface area contributed by atoms with Gasteiger partial charge in [-0.25, -0.2) is 0 Å². The smallest absolute Gasteiger partial charge is 0.370 e. The molecule has 2 aromatic carbocycles. The van der Waals surface area contributed by atoms with Gasteiger partial charge in [0.1, 0.15) is 0 Å². The van der Waals surface area contributed by atoms with Gasteiger partial charge in [-0.2, -0.15) is 13.2 Å². The maximum absolute atomic E-state index is 12.9. The second-order valence-electron chi connectivity index (χ2n) is 9.11. The number of carbonyl (C=O) groups is 2. The number of hydrogen-bond acceptors (Lipinski definition) is 4. The first kappa shape index (κ1) is 26.7. The van der Waals surface area contributed by atoms with Gasteiger partial charge in [-0.3, -0.25) is 9.59 Å². The highest BCUT2D eigenvalue weighted by atomic mass is 19.4.